The Morgan fingerprint density at radius 3 is 1.58 bits per heavy atom. The predicted molar refractivity (Wildman–Crippen MR) is 33.8 cm³/mol. The molecule has 0 spiro atoms. The van der Waals surface area contributed by atoms with Crippen molar-refractivity contribution >= 4 is 0 Å². The molecule has 0 aromatic carbocycles. The van der Waals surface area contributed by atoms with Gasteiger partial charge < -0.3 is 29.9 Å². The zero-order chi connectivity index (χ0) is 8.98. The third-order valence-corrected chi connectivity index (χ3v) is 2.34. The highest BCUT2D eigenvalue weighted by Crippen LogP contribution is 2.42. The summed E-state index contributed by atoms with van der Waals surface area (Å²) in [5.74, 6) is -4.38. The molecule has 2 rings (SSSR count). The summed E-state index contributed by atoms with van der Waals surface area (Å²) in [4.78, 5) is 0. The first kappa shape index (κ1) is 8.36. The number of aliphatic hydroxyl groups is 4. The molecule has 2 heterocycles. The Morgan fingerprint density at radius 1 is 0.917 bits per heavy atom. The molecule has 0 amide bonds. The van der Waals surface area contributed by atoms with Crippen LogP contribution in [0.5, 0.6) is 0 Å². The van der Waals surface area contributed by atoms with Crippen molar-refractivity contribution in [3.05, 3.63) is 0 Å². The zero-order valence-corrected chi connectivity index (χ0v) is 6.17. The number of fused-ring (bicyclic) bond motifs is 1. The van der Waals surface area contributed by atoms with E-state index in [4.69, 9.17) is 0 Å². The average molecular weight is 178 g/mol. The first-order valence-corrected chi connectivity index (χ1v) is 3.59. The highest BCUT2D eigenvalue weighted by Gasteiger charge is 2.70. The summed E-state index contributed by atoms with van der Waals surface area (Å²) >= 11 is 0. The van der Waals surface area contributed by atoms with E-state index in [1.165, 1.54) is 0 Å². The fraction of sp³-hybridized carbons (Fsp3) is 1.00. The quantitative estimate of drug-likeness (QED) is 0.318. The Balaban J connectivity index is 2.37. The van der Waals surface area contributed by atoms with Crippen molar-refractivity contribution in [3.8, 4) is 0 Å². The van der Waals surface area contributed by atoms with Crippen molar-refractivity contribution in [3.63, 3.8) is 0 Å². The standard InChI is InChI=1S/C6H10O6/c7-3-1-11-6(10)4(8)2-12-5(3,6)9/h3-4,7-10H,1-2H2/t3-,4?,5+,6+/m0/s1. The predicted octanol–water partition coefficient (Wildman–Crippen LogP) is -2.85. The summed E-state index contributed by atoms with van der Waals surface area (Å²) in [5, 5.41) is 37.4. The summed E-state index contributed by atoms with van der Waals surface area (Å²) in [6.07, 6.45) is -2.67. The maximum atomic E-state index is 9.52. The summed E-state index contributed by atoms with van der Waals surface area (Å²) in [6.45, 7) is -0.520. The third-order valence-electron chi connectivity index (χ3n) is 2.34. The molecule has 12 heavy (non-hydrogen) atoms. The van der Waals surface area contributed by atoms with Gasteiger partial charge >= 0.3 is 0 Å². The number of aliphatic hydroxyl groups excluding tert-OH is 2. The Morgan fingerprint density at radius 2 is 1.25 bits per heavy atom. The van der Waals surface area contributed by atoms with Crippen molar-refractivity contribution < 1.29 is 29.9 Å². The minimum atomic E-state index is -2.19. The second-order valence-corrected chi connectivity index (χ2v) is 3.05. The molecule has 4 N–H and O–H groups in total. The van der Waals surface area contributed by atoms with Crippen molar-refractivity contribution in [2.24, 2.45) is 0 Å². The first-order chi connectivity index (χ1) is 5.51. The van der Waals surface area contributed by atoms with Gasteiger partial charge in [0, 0.05) is 0 Å². The van der Waals surface area contributed by atoms with Crippen LogP contribution in [-0.2, 0) is 9.47 Å². The minimum Gasteiger partial charge on any atom is -0.385 e. The fourth-order valence-corrected chi connectivity index (χ4v) is 1.51. The molecule has 0 saturated carbocycles. The van der Waals surface area contributed by atoms with Crippen LogP contribution in [0.4, 0.5) is 0 Å². The highest BCUT2D eigenvalue weighted by atomic mass is 16.8. The molecule has 1 unspecified atom stereocenters. The van der Waals surface area contributed by atoms with E-state index in [1.807, 2.05) is 0 Å². The maximum absolute atomic E-state index is 9.52. The zero-order valence-electron chi connectivity index (χ0n) is 6.17. The van der Waals surface area contributed by atoms with Crippen LogP contribution in [0.3, 0.4) is 0 Å². The molecule has 2 saturated heterocycles. The minimum absolute atomic E-state index is 0.260. The van der Waals surface area contributed by atoms with Crippen LogP contribution in [-0.4, -0.2) is 57.4 Å². The molecule has 4 atom stereocenters. The Bertz CT molecular complexity index is 186. The van der Waals surface area contributed by atoms with Crippen molar-refractivity contribution in [2.75, 3.05) is 13.2 Å². The van der Waals surface area contributed by atoms with Gasteiger partial charge in [-0.3, -0.25) is 0 Å². The van der Waals surface area contributed by atoms with Crippen LogP contribution < -0.4 is 0 Å². The van der Waals surface area contributed by atoms with E-state index >= 15 is 0 Å². The summed E-state index contributed by atoms with van der Waals surface area (Å²) in [6, 6.07) is 0. The number of hydrogen-bond acceptors (Lipinski definition) is 6. The van der Waals surface area contributed by atoms with Crippen LogP contribution in [0, 0.1) is 0 Å². The van der Waals surface area contributed by atoms with E-state index in [-0.39, 0.29) is 13.2 Å². The van der Waals surface area contributed by atoms with Gasteiger partial charge in [-0.1, -0.05) is 0 Å². The fourth-order valence-electron chi connectivity index (χ4n) is 1.51. The molecule has 6 heteroatoms. The van der Waals surface area contributed by atoms with Gasteiger partial charge in [-0.2, -0.15) is 0 Å². The highest BCUT2D eigenvalue weighted by molar-refractivity contribution is 5.05. The molecule has 2 fully saturated rings. The van der Waals surface area contributed by atoms with E-state index in [2.05, 4.69) is 9.47 Å². The number of rotatable bonds is 0. The molecule has 0 radical (unpaired) electrons. The Labute approximate surface area is 68.0 Å². The second kappa shape index (κ2) is 2.16. The van der Waals surface area contributed by atoms with Gasteiger partial charge in [0.1, 0.15) is 12.2 Å². The van der Waals surface area contributed by atoms with E-state index in [9.17, 15) is 20.4 Å². The number of hydrogen-bond donors (Lipinski definition) is 4. The molecule has 0 aromatic rings. The van der Waals surface area contributed by atoms with Crippen LogP contribution in [0.2, 0.25) is 0 Å². The van der Waals surface area contributed by atoms with Gasteiger partial charge in [0.25, 0.3) is 11.6 Å². The van der Waals surface area contributed by atoms with Crippen molar-refractivity contribution in [1.82, 2.24) is 0 Å². The first-order valence-electron chi connectivity index (χ1n) is 3.59. The van der Waals surface area contributed by atoms with E-state index < -0.39 is 23.8 Å². The maximum Gasteiger partial charge on any atom is 0.253 e. The monoisotopic (exact) mass is 178 g/mol. The smallest absolute Gasteiger partial charge is 0.253 e. The lowest BCUT2D eigenvalue weighted by Crippen LogP contribution is -2.57. The van der Waals surface area contributed by atoms with Gasteiger partial charge in [-0.25, -0.2) is 0 Å². The molecular formula is C6H10O6. The molecular weight excluding hydrogens is 168 g/mol. The lowest BCUT2D eigenvalue weighted by Gasteiger charge is -2.30. The van der Waals surface area contributed by atoms with E-state index in [1.54, 1.807) is 0 Å². The molecule has 2 aliphatic heterocycles. The normalized spacial score (nSPS) is 59.0. The topological polar surface area (TPSA) is 99.4 Å². The summed E-state index contributed by atoms with van der Waals surface area (Å²) in [7, 11) is 0. The average Bonchev–Trinajstić information content (AvgIpc) is 2.39. The van der Waals surface area contributed by atoms with Crippen molar-refractivity contribution in [1.29, 1.82) is 0 Å². The van der Waals surface area contributed by atoms with Gasteiger partial charge in [-0.05, 0) is 0 Å². The van der Waals surface area contributed by atoms with Gasteiger partial charge in [0.05, 0.1) is 13.2 Å². The van der Waals surface area contributed by atoms with Crippen LogP contribution in [0.1, 0.15) is 0 Å². The number of ether oxygens (including phenoxy) is 2. The molecule has 6 nitrogen and oxygen atoms in total. The van der Waals surface area contributed by atoms with Crippen molar-refractivity contribution in [2.45, 2.75) is 23.8 Å². The van der Waals surface area contributed by atoms with E-state index in [0.717, 1.165) is 0 Å². The molecule has 2 aliphatic rings. The molecule has 0 bridgehead atoms. The Kier molecular flexibility index (Phi) is 1.51. The van der Waals surface area contributed by atoms with E-state index in [0.29, 0.717) is 0 Å². The molecule has 0 aliphatic carbocycles. The van der Waals surface area contributed by atoms with Crippen LogP contribution >= 0.6 is 0 Å². The third kappa shape index (κ3) is 0.698. The summed E-state index contributed by atoms with van der Waals surface area (Å²) in [5.41, 5.74) is 0. The lowest BCUT2D eigenvalue weighted by atomic mass is 10.0. The molecule has 70 valence electrons. The van der Waals surface area contributed by atoms with Gasteiger partial charge in [0.2, 0.25) is 0 Å². The SMILES string of the molecule is OC1CO[C@]2(O)[C@@H](O)CO[C@]12O. The summed E-state index contributed by atoms with van der Waals surface area (Å²) < 4.78 is 9.34. The van der Waals surface area contributed by atoms with Crippen LogP contribution in [0.15, 0.2) is 0 Å². The van der Waals surface area contributed by atoms with Gasteiger partial charge in [-0.15, -0.1) is 0 Å². The van der Waals surface area contributed by atoms with Crippen LogP contribution in [0.25, 0.3) is 0 Å². The second-order valence-electron chi connectivity index (χ2n) is 3.05. The lowest BCUT2D eigenvalue weighted by molar-refractivity contribution is -0.329. The Hall–Kier alpha value is -0.240. The van der Waals surface area contributed by atoms with Gasteiger partial charge in [0.15, 0.2) is 0 Å². The molecule has 0 aromatic heterocycles. The largest absolute Gasteiger partial charge is 0.385 e.